The second kappa shape index (κ2) is 12.2. The Morgan fingerprint density at radius 3 is 0.911 bits per heavy atom. The first-order valence-electron chi connectivity index (χ1n) is 20.0. The predicted molar refractivity (Wildman–Crippen MR) is 180 cm³/mol. The van der Waals surface area contributed by atoms with Gasteiger partial charge in [-0.05, 0) is 116 Å². The maximum atomic E-state index is 4.34. The molecular weight excluding hydrogens is 556 g/mol. The second-order valence-electron chi connectivity index (χ2n) is 18.8. The second-order valence-corrected chi connectivity index (χ2v) is 18.8. The Hall–Kier alpha value is -0.320. The van der Waals surface area contributed by atoms with Crippen LogP contribution < -0.4 is 42.5 Å². The number of hydrogen-bond acceptors (Lipinski definition) is 8. The summed E-state index contributed by atoms with van der Waals surface area (Å²) in [5.41, 5.74) is 0.411. The van der Waals surface area contributed by atoms with E-state index in [1.54, 1.807) is 0 Å². The van der Waals surface area contributed by atoms with Gasteiger partial charge in [0.15, 0.2) is 0 Å². The van der Waals surface area contributed by atoms with Crippen molar-refractivity contribution in [2.45, 2.75) is 173 Å². The molecule has 0 spiro atoms. The molecule has 8 bridgehead atoms. The molecule has 0 aromatic rings. The van der Waals surface area contributed by atoms with Crippen molar-refractivity contribution >= 4 is 0 Å². The number of fused-ring (bicyclic) bond motifs is 20. The van der Waals surface area contributed by atoms with E-state index in [0.717, 1.165) is 41.4 Å². The third-order valence-electron chi connectivity index (χ3n) is 14.9. The summed E-state index contributed by atoms with van der Waals surface area (Å²) in [7, 11) is 0. The van der Waals surface area contributed by atoms with Gasteiger partial charge < -0.3 is 0 Å². The van der Waals surface area contributed by atoms with Crippen LogP contribution in [0.4, 0.5) is 0 Å². The zero-order valence-electron chi connectivity index (χ0n) is 28.6. The molecule has 0 aromatic carbocycles. The zero-order valence-corrected chi connectivity index (χ0v) is 28.6. The maximum absolute atomic E-state index is 4.34. The fourth-order valence-electron chi connectivity index (χ4n) is 13.1. The van der Waals surface area contributed by atoms with Gasteiger partial charge >= 0.3 is 0 Å². The largest absolute Gasteiger partial charge is 0.286 e. The van der Waals surface area contributed by atoms with Crippen LogP contribution in [0.5, 0.6) is 0 Å². The monoisotopic (exact) mass is 623 g/mol. The molecule has 0 aromatic heterocycles. The molecule has 5 aliphatic heterocycles. The van der Waals surface area contributed by atoms with Gasteiger partial charge in [0.2, 0.25) is 0 Å². The van der Waals surface area contributed by atoms with Crippen LogP contribution in [-0.2, 0) is 0 Å². The molecular formula is C37H66N8. The molecule has 4 saturated carbocycles. The van der Waals surface area contributed by atoms with Gasteiger partial charge in [-0.3, -0.25) is 42.5 Å². The van der Waals surface area contributed by atoms with Crippen LogP contribution in [0.25, 0.3) is 0 Å². The van der Waals surface area contributed by atoms with Crippen LogP contribution >= 0.6 is 0 Å². The Balaban J connectivity index is 1.04. The van der Waals surface area contributed by atoms with Gasteiger partial charge in [-0.25, -0.2) is 0 Å². The van der Waals surface area contributed by atoms with Gasteiger partial charge in [-0.15, -0.1) is 0 Å². The average Bonchev–Trinajstić information content (AvgIpc) is 3.76. The fourth-order valence-corrected chi connectivity index (χ4v) is 13.1. The van der Waals surface area contributed by atoms with E-state index >= 15 is 0 Å². The third kappa shape index (κ3) is 5.77. The number of rotatable bonds is 1. The molecule has 17 unspecified atom stereocenters. The molecule has 17 atom stereocenters. The van der Waals surface area contributed by atoms with Gasteiger partial charge in [0.1, 0.15) is 0 Å². The summed E-state index contributed by atoms with van der Waals surface area (Å²) in [5, 5.41) is 34.2. The lowest BCUT2D eigenvalue weighted by molar-refractivity contribution is 0.122. The summed E-state index contributed by atoms with van der Waals surface area (Å²) in [4.78, 5) is 0. The Labute approximate surface area is 273 Å². The Bertz CT molecular complexity index is 1050. The fraction of sp³-hybridized carbons (Fsp3) is 1.00. The molecule has 5 heterocycles. The van der Waals surface area contributed by atoms with Crippen molar-refractivity contribution in [2.24, 2.45) is 58.7 Å². The molecule has 8 heteroatoms. The average molecular weight is 623 g/mol. The van der Waals surface area contributed by atoms with E-state index in [0.29, 0.717) is 66.6 Å². The van der Waals surface area contributed by atoms with E-state index in [9.17, 15) is 0 Å². The molecule has 0 amide bonds. The van der Waals surface area contributed by atoms with Gasteiger partial charge in [-0.1, -0.05) is 65.7 Å². The summed E-state index contributed by atoms with van der Waals surface area (Å²) in [5.74, 6) is 6.66. The topological polar surface area (TPSA) is 96.2 Å². The van der Waals surface area contributed by atoms with Crippen LogP contribution in [0.3, 0.4) is 0 Å². The Morgan fingerprint density at radius 2 is 0.622 bits per heavy atom. The van der Waals surface area contributed by atoms with E-state index in [1.165, 1.54) is 103 Å². The van der Waals surface area contributed by atoms with Crippen molar-refractivity contribution < 1.29 is 0 Å². The lowest BCUT2D eigenvalue weighted by Crippen LogP contribution is -2.61. The molecule has 9 aliphatic rings. The SMILES string of the molecule is CC(C)(C)CC1CCC2C3NC4NC(NC5NC(NC6NC(NC(N3)C2C1)C1CCCCC61)C1CCCCC51)C1CCCCC41. The van der Waals surface area contributed by atoms with Crippen molar-refractivity contribution in [3.63, 3.8) is 0 Å². The molecule has 8 nitrogen and oxygen atoms in total. The van der Waals surface area contributed by atoms with Gasteiger partial charge in [0.05, 0.1) is 49.3 Å². The minimum absolute atomic E-state index is 0.385. The predicted octanol–water partition coefficient (Wildman–Crippen LogP) is 4.27. The Kier molecular flexibility index (Phi) is 8.34. The molecule has 4 aliphatic carbocycles. The summed E-state index contributed by atoms with van der Waals surface area (Å²) in [6.45, 7) is 7.35. The summed E-state index contributed by atoms with van der Waals surface area (Å²) >= 11 is 0. The minimum atomic E-state index is 0.385. The van der Waals surface area contributed by atoms with Gasteiger partial charge in [0.25, 0.3) is 0 Å². The van der Waals surface area contributed by atoms with E-state index in [-0.39, 0.29) is 0 Å². The highest BCUT2D eigenvalue weighted by Crippen LogP contribution is 2.47. The lowest BCUT2D eigenvalue weighted by Gasteiger charge is -2.39. The van der Waals surface area contributed by atoms with Crippen molar-refractivity contribution in [2.75, 3.05) is 0 Å². The van der Waals surface area contributed by atoms with E-state index in [2.05, 4.69) is 63.3 Å². The van der Waals surface area contributed by atoms with Crippen molar-refractivity contribution in [3.8, 4) is 0 Å². The molecule has 45 heavy (non-hydrogen) atoms. The molecule has 9 fully saturated rings. The molecule has 9 rings (SSSR count). The van der Waals surface area contributed by atoms with E-state index < -0.39 is 0 Å². The zero-order chi connectivity index (χ0) is 30.3. The highest BCUT2D eigenvalue weighted by molar-refractivity contribution is 5.08. The van der Waals surface area contributed by atoms with Crippen molar-refractivity contribution in [1.29, 1.82) is 0 Å². The van der Waals surface area contributed by atoms with Gasteiger partial charge in [0, 0.05) is 0 Å². The first kappa shape index (κ1) is 30.7. The number of nitrogens with one attached hydrogen (secondary N) is 8. The highest BCUT2D eigenvalue weighted by atomic mass is 15.4. The van der Waals surface area contributed by atoms with Crippen LogP contribution in [-0.4, -0.2) is 49.3 Å². The van der Waals surface area contributed by atoms with Crippen molar-refractivity contribution in [1.82, 2.24) is 42.5 Å². The molecule has 5 saturated heterocycles. The highest BCUT2D eigenvalue weighted by Gasteiger charge is 2.54. The van der Waals surface area contributed by atoms with E-state index in [4.69, 9.17) is 0 Å². The molecule has 254 valence electrons. The lowest BCUT2D eigenvalue weighted by atomic mass is 9.69. The standard InChI is InChI=1S/C37H66N8/c1-37(2,3)19-20-16-17-27-28(18-20)36-44-34-26-15-9-8-14-25(26)32(42-34)40-30-22-11-5-4-10-21(22)29(38-30)39-31-23-12-6-7-13-24(23)33(41-31)43-35(27)45-36/h20-36,38-45H,4-19H2,1-3H3. The maximum Gasteiger partial charge on any atom is 0.0628 e. The minimum Gasteiger partial charge on any atom is -0.286 e. The van der Waals surface area contributed by atoms with Crippen LogP contribution in [0.2, 0.25) is 0 Å². The van der Waals surface area contributed by atoms with Crippen molar-refractivity contribution in [3.05, 3.63) is 0 Å². The summed E-state index contributed by atoms with van der Waals surface area (Å²) in [6, 6.07) is 0. The van der Waals surface area contributed by atoms with Crippen LogP contribution in [0.1, 0.15) is 124 Å². The smallest absolute Gasteiger partial charge is 0.0628 e. The molecule has 8 N–H and O–H groups in total. The van der Waals surface area contributed by atoms with Gasteiger partial charge in [-0.2, -0.15) is 0 Å². The third-order valence-corrected chi connectivity index (χ3v) is 14.9. The summed E-state index contributed by atoms with van der Waals surface area (Å²) < 4.78 is 0. The number of hydrogen-bond donors (Lipinski definition) is 8. The first-order chi connectivity index (χ1) is 21.9. The quantitative estimate of drug-likeness (QED) is 0.220. The van der Waals surface area contributed by atoms with Crippen LogP contribution in [0, 0.1) is 58.7 Å². The first-order valence-corrected chi connectivity index (χ1v) is 20.0. The normalized spacial score (nSPS) is 54.6. The Morgan fingerprint density at radius 1 is 0.356 bits per heavy atom. The van der Waals surface area contributed by atoms with E-state index in [1.807, 2.05) is 0 Å². The molecule has 0 radical (unpaired) electrons. The van der Waals surface area contributed by atoms with Crippen LogP contribution in [0.15, 0.2) is 0 Å². The summed E-state index contributed by atoms with van der Waals surface area (Å²) in [6.07, 6.45) is 25.3.